The molecule has 0 aromatic carbocycles. The van der Waals surface area contributed by atoms with Crippen LogP contribution in [0.15, 0.2) is 4.52 Å². The van der Waals surface area contributed by atoms with Crippen LogP contribution in [-0.2, 0) is 17.7 Å². The van der Waals surface area contributed by atoms with E-state index in [1.165, 1.54) is 0 Å². The third kappa shape index (κ3) is 5.25. The molecule has 0 bridgehead atoms. The predicted octanol–water partition coefficient (Wildman–Crippen LogP) is 0.463. The largest absolute Gasteiger partial charge is 0.395 e. The molecule has 1 heterocycles. The number of rotatable bonds is 9. The van der Waals surface area contributed by atoms with E-state index in [1.54, 1.807) is 7.11 Å². The van der Waals surface area contributed by atoms with E-state index in [1.807, 2.05) is 4.90 Å². The van der Waals surface area contributed by atoms with Crippen molar-refractivity contribution in [3.8, 4) is 0 Å². The molecule has 0 unspecified atom stereocenters. The molecule has 1 aromatic heterocycles. The van der Waals surface area contributed by atoms with E-state index in [0.717, 1.165) is 19.4 Å². The van der Waals surface area contributed by atoms with Crippen molar-refractivity contribution in [2.75, 3.05) is 33.4 Å². The first-order chi connectivity index (χ1) is 8.30. The molecule has 0 amide bonds. The Kier molecular flexibility index (Phi) is 6.76. The fourth-order valence-electron chi connectivity index (χ4n) is 1.50. The van der Waals surface area contributed by atoms with Gasteiger partial charge in [-0.25, -0.2) is 0 Å². The molecule has 98 valence electrons. The third-order valence-electron chi connectivity index (χ3n) is 2.37. The van der Waals surface area contributed by atoms with Crippen molar-refractivity contribution < 1.29 is 14.4 Å². The Hall–Kier alpha value is -0.980. The van der Waals surface area contributed by atoms with Crippen LogP contribution in [0.3, 0.4) is 0 Å². The van der Waals surface area contributed by atoms with Gasteiger partial charge in [-0.1, -0.05) is 12.1 Å². The molecule has 0 aliphatic rings. The van der Waals surface area contributed by atoms with E-state index < -0.39 is 0 Å². The van der Waals surface area contributed by atoms with Crippen molar-refractivity contribution in [2.45, 2.75) is 26.3 Å². The second-order valence-electron chi connectivity index (χ2n) is 3.85. The minimum Gasteiger partial charge on any atom is -0.395 e. The first-order valence-corrected chi connectivity index (χ1v) is 5.93. The van der Waals surface area contributed by atoms with Gasteiger partial charge in [0.2, 0.25) is 5.89 Å². The molecule has 1 aromatic rings. The summed E-state index contributed by atoms with van der Waals surface area (Å²) >= 11 is 0. The van der Waals surface area contributed by atoms with E-state index in [0.29, 0.717) is 31.4 Å². The monoisotopic (exact) mass is 243 g/mol. The second kappa shape index (κ2) is 8.16. The van der Waals surface area contributed by atoms with Gasteiger partial charge in [-0.3, -0.25) is 4.90 Å². The number of aryl methyl sites for hydroxylation is 1. The van der Waals surface area contributed by atoms with Gasteiger partial charge >= 0.3 is 0 Å². The number of hydrogen-bond donors (Lipinski definition) is 1. The highest BCUT2D eigenvalue weighted by Crippen LogP contribution is 2.03. The van der Waals surface area contributed by atoms with Gasteiger partial charge in [-0.2, -0.15) is 4.98 Å². The van der Waals surface area contributed by atoms with Crippen LogP contribution < -0.4 is 0 Å². The molecule has 1 N–H and O–H groups in total. The number of aromatic nitrogens is 2. The zero-order valence-electron chi connectivity index (χ0n) is 10.6. The van der Waals surface area contributed by atoms with Crippen molar-refractivity contribution >= 4 is 0 Å². The topological polar surface area (TPSA) is 71.6 Å². The Balaban J connectivity index is 2.46. The molecule has 0 aliphatic heterocycles. The van der Waals surface area contributed by atoms with Gasteiger partial charge in [0.05, 0.1) is 19.8 Å². The molecule has 17 heavy (non-hydrogen) atoms. The summed E-state index contributed by atoms with van der Waals surface area (Å²) in [6, 6.07) is 0. The molecular formula is C11H21N3O3. The molecule has 0 radical (unpaired) electrons. The highest BCUT2D eigenvalue weighted by molar-refractivity contribution is 4.86. The predicted molar refractivity (Wildman–Crippen MR) is 62.5 cm³/mol. The zero-order valence-corrected chi connectivity index (χ0v) is 10.6. The minimum atomic E-state index is 0.114. The minimum absolute atomic E-state index is 0.114. The van der Waals surface area contributed by atoms with Crippen molar-refractivity contribution in [1.29, 1.82) is 0 Å². The van der Waals surface area contributed by atoms with E-state index in [4.69, 9.17) is 14.4 Å². The first-order valence-electron chi connectivity index (χ1n) is 5.93. The second-order valence-corrected chi connectivity index (χ2v) is 3.85. The van der Waals surface area contributed by atoms with E-state index >= 15 is 0 Å². The molecular weight excluding hydrogens is 222 g/mol. The summed E-state index contributed by atoms with van der Waals surface area (Å²) in [5, 5.41) is 12.9. The Labute approximate surface area is 102 Å². The Bertz CT molecular complexity index is 304. The fourth-order valence-corrected chi connectivity index (χ4v) is 1.50. The smallest absolute Gasteiger partial charge is 0.226 e. The molecule has 6 heteroatoms. The summed E-state index contributed by atoms with van der Waals surface area (Å²) in [5.41, 5.74) is 0. The number of aliphatic hydroxyl groups is 1. The molecule has 0 aliphatic carbocycles. The average Bonchev–Trinajstić information content (AvgIpc) is 2.74. The Morgan fingerprint density at radius 1 is 1.41 bits per heavy atom. The van der Waals surface area contributed by atoms with Gasteiger partial charge in [0.25, 0.3) is 0 Å². The summed E-state index contributed by atoms with van der Waals surface area (Å²) in [4.78, 5) is 6.32. The Morgan fingerprint density at radius 3 is 2.88 bits per heavy atom. The number of methoxy groups -OCH3 is 1. The number of aliphatic hydroxyl groups excluding tert-OH is 1. The van der Waals surface area contributed by atoms with Crippen LogP contribution in [0.4, 0.5) is 0 Å². The van der Waals surface area contributed by atoms with Gasteiger partial charge in [0, 0.05) is 26.6 Å². The highest BCUT2D eigenvalue weighted by Gasteiger charge is 2.10. The molecule has 6 nitrogen and oxygen atoms in total. The van der Waals surface area contributed by atoms with Crippen LogP contribution in [0.5, 0.6) is 0 Å². The van der Waals surface area contributed by atoms with Gasteiger partial charge < -0.3 is 14.4 Å². The van der Waals surface area contributed by atoms with Crippen LogP contribution in [0.2, 0.25) is 0 Å². The molecule has 0 fully saturated rings. The molecule has 0 saturated heterocycles. The number of ether oxygens (including phenoxy) is 1. The summed E-state index contributed by atoms with van der Waals surface area (Å²) in [6.07, 6.45) is 1.80. The molecule has 1 rings (SSSR count). The standard InChI is InChI=1S/C11H21N3O3/c1-3-4-11-12-10(13-17-11)9-14(5-7-15)6-8-16-2/h15H,3-9H2,1-2H3. The Morgan fingerprint density at radius 2 is 2.24 bits per heavy atom. The van der Waals surface area contributed by atoms with Gasteiger partial charge in [-0.05, 0) is 6.42 Å². The maximum Gasteiger partial charge on any atom is 0.226 e. The first kappa shape index (κ1) is 14.1. The zero-order chi connectivity index (χ0) is 12.5. The van der Waals surface area contributed by atoms with Crippen LogP contribution in [0, 0.1) is 0 Å². The van der Waals surface area contributed by atoms with Crippen molar-refractivity contribution in [3.63, 3.8) is 0 Å². The number of hydrogen-bond acceptors (Lipinski definition) is 6. The lowest BCUT2D eigenvalue weighted by Crippen LogP contribution is -2.30. The summed E-state index contributed by atoms with van der Waals surface area (Å²) in [7, 11) is 1.66. The van der Waals surface area contributed by atoms with E-state index in [-0.39, 0.29) is 6.61 Å². The van der Waals surface area contributed by atoms with E-state index in [9.17, 15) is 0 Å². The number of nitrogens with zero attached hydrogens (tertiary/aromatic N) is 3. The molecule has 0 spiro atoms. The SMILES string of the molecule is CCCc1nc(CN(CCO)CCOC)no1. The lowest BCUT2D eigenvalue weighted by Gasteiger charge is -2.18. The normalized spacial score (nSPS) is 11.3. The maximum atomic E-state index is 8.96. The van der Waals surface area contributed by atoms with Crippen LogP contribution in [0.25, 0.3) is 0 Å². The molecule has 0 atom stereocenters. The lowest BCUT2D eigenvalue weighted by molar-refractivity contribution is 0.124. The maximum absolute atomic E-state index is 8.96. The van der Waals surface area contributed by atoms with Crippen molar-refractivity contribution in [2.24, 2.45) is 0 Å². The van der Waals surface area contributed by atoms with Crippen LogP contribution in [-0.4, -0.2) is 53.6 Å². The van der Waals surface area contributed by atoms with Crippen LogP contribution in [0.1, 0.15) is 25.1 Å². The summed E-state index contributed by atoms with van der Waals surface area (Å²) < 4.78 is 10.1. The van der Waals surface area contributed by atoms with E-state index in [2.05, 4.69) is 17.1 Å². The quantitative estimate of drug-likeness (QED) is 0.679. The lowest BCUT2D eigenvalue weighted by atomic mass is 10.3. The van der Waals surface area contributed by atoms with Crippen LogP contribution >= 0.6 is 0 Å². The van der Waals surface area contributed by atoms with Gasteiger partial charge in [0.1, 0.15) is 0 Å². The summed E-state index contributed by atoms with van der Waals surface area (Å²) in [5.74, 6) is 1.34. The molecule has 0 saturated carbocycles. The third-order valence-corrected chi connectivity index (χ3v) is 2.37. The average molecular weight is 243 g/mol. The van der Waals surface area contributed by atoms with Crippen molar-refractivity contribution in [1.82, 2.24) is 15.0 Å². The van der Waals surface area contributed by atoms with Gasteiger partial charge in [0.15, 0.2) is 5.82 Å². The highest BCUT2D eigenvalue weighted by atomic mass is 16.5. The van der Waals surface area contributed by atoms with Gasteiger partial charge in [-0.15, -0.1) is 0 Å². The summed E-state index contributed by atoms with van der Waals surface area (Å²) in [6.45, 7) is 4.72. The fraction of sp³-hybridized carbons (Fsp3) is 0.818. The van der Waals surface area contributed by atoms with Crippen molar-refractivity contribution in [3.05, 3.63) is 11.7 Å².